The molecule has 1 aromatic heterocycles. The van der Waals surface area contributed by atoms with Crippen molar-refractivity contribution in [2.45, 2.75) is 19.9 Å². The second-order valence-corrected chi connectivity index (χ2v) is 3.71. The van der Waals surface area contributed by atoms with Gasteiger partial charge in [-0.1, -0.05) is 5.21 Å². The molecule has 0 aliphatic rings. The van der Waals surface area contributed by atoms with Crippen molar-refractivity contribution >= 4 is 5.69 Å². The summed E-state index contributed by atoms with van der Waals surface area (Å²) in [6.07, 6.45) is 2.57. The number of aromatic nitrogens is 3. The molecule has 0 unspecified atom stereocenters. The summed E-state index contributed by atoms with van der Waals surface area (Å²) in [4.78, 5) is 0. The highest BCUT2D eigenvalue weighted by Gasteiger charge is 2.02. The number of benzene rings is 1. The zero-order valence-corrected chi connectivity index (χ0v) is 9.84. The summed E-state index contributed by atoms with van der Waals surface area (Å²) in [7, 11) is 0. The molecule has 17 heavy (non-hydrogen) atoms. The van der Waals surface area contributed by atoms with Crippen molar-refractivity contribution in [3.8, 4) is 5.75 Å². The second-order valence-electron chi connectivity index (χ2n) is 3.71. The molecule has 0 spiro atoms. The van der Waals surface area contributed by atoms with Gasteiger partial charge in [-0.2, -0.15) is 0 Å². The second kappa shape index (κ2) is 5.34. The first-order valence-electron chi connectivity index (χ1n) is 5.65. The van der Waals surface area contributed by atoms with Crippen molar-refractivity contribution in [2.24, 2.45) is 0 Å². The molecular formula is C12H16N4O. The molecule has 0 fully saturated rings. The van der Waals surface area contributed by atoms with Crippen LogP contribution < -0.4 is 10.5 Å². The average molecular weight is 232 g/mol. The zero-order valence-electron chi connectivity index (χ0n) is 9.84. The first-order valence-corrected chi connectivity index (χ1v) is 5.65. The largest absolute Gasteiger partial charge is 0.493 e. The summed E-state index contributed by atoms with van der Waals surface area (Å²) >= 11 is 0. The van der Waals surface area contributed by atoms with Crippen LogP contribution in [0.2, 0.25) is 0 Å². The molecule has 0 saturated carbocycles. The minimum absolute atomic E-state index is 0.608. The maximum Gasteiger partial charge on any atom is 0.119 e. The zero-order chi connectivity index (χ0) is 12.1. The predicted molar refractivity (Wildman–Crippen MR) is 65.7 cm³/mol. The van der Waals surface area contributed by atoms with Crippen LogP contribution in [0.15, 0.2) is 30.5 Å². The number of nitrogen functional groups attached to an aromatic ring is 1. The SMILES string of the molecule is CCn1nncc1CCOc1ccc(N)cc1. The summed E-state index contributed by atoms with van der Waals surface area (Å²) in [5.74, 6) is 0.828. The predicted octanol–water partition coefficient (Wildman–Crippen LogP) is 1.50. The van der Waals surface area contributed by atoms with E-state index in [1.54, 1.807) is 6.20 Å². The van der Waals surface area contributed by atoms with Crippen LogP contribution in [0, 0.1) is 0 Å². The third kappa shape index (κ3) is 2.96. The van der Waals surface area contributed by atoms with E-state index in [4.69, 9.17) is 10.5 Å². The minimum atomic E-state index is 0.608. The molecule has 5 heteroatoms. The Morgan fingerprint density at radius 1 is 1.29 bits per heavy atom. The highest BCUT2D eigenvalue weighted by Crippen LogP contribution is 2.13. The van der Waals surface area contributed by atoms with Crippen LogP contribution >= 0.6 is 0 Å². The Morgan fingerprint density at radius 3 is 2.76 bits per heavy atom. The fourth-order valence-electron chi connectivity index (χ4n) is 1.58. The van der Waals surface area contributed by atoms with E-state index in [0.29, 0.717) is 6.61 Å². The lowest BCUT2D eigenvalue weighted by atomic mass is 10.3. The molecule has 0 saturated heterocycles. The van der Waals surface area contributed by atoms with Gasteiger partial charge in [0.15, 0.2) is 0 Å². The molecule has 0 amide bonds. The molecular weight excluding hydrogens is 216 g/mol. The van der Waals surface area contributed by atoms with E-state index >= 15 is 0 Å². The summed E-state index contributed by atoms with van der Waals surface area (Å²) in [6.45, 7) is 3.48. The summed E-state index contributed by atoms with van der Waals surface area (Å²) in [5.41, 5.74) is 7.42. The minimum Gasteiger partial charge on any atom is -0.493 e. The molecule has 1 heterocycles. The van der Waals surface area contributed by atoms with E-state index in [1.165, 1.54) is 0 Å². The van der Waals surface area contributed by atoms with Crippen LogP contribution in [0.5, 0.6) is 5.75 Å². The van der Waals surface area contributed by atoms with Crippen molar-refractivity contribution in [3.05, 3.63) is 36.2 Å². The quantitative estimate of drug-likeness (QED) is 0.793. The van der Waals surface area contributed by atoms with Gasteiger partial charge >= 0.3 is 0 Å². The number of nitrogens with zero attached hydrogens (tertiary/aromatic N) is 3. The molecule has 0 radical (unpaired) electrons. The Bertz CT molecular complexity index is 464. The first-order chi connectivity index (χ1) is 8.29. The van der Waals surface area contributed by atoms with Gasteiger partial charge in [-0.3, -0.25) is 0 Å². The topological polar surface area (TPSA) is 66.0 Å². The number of rotatable bonds is 5. The molecule has 0 bridgehead atoms. The Hall–Kier alpha value is -2.04. The summed E-state index contributed by atoms with van der Waals surface area (Å²) in [6, 6.07) is 7.38. The standard InChI is InChI=1S/C12H16N4O/c1-2-16-11(9-14-15-16)7-8-17-12-5-3-10(13)4-6-12/h3-6,9H,2,7-8,13H2,1H3. The Balaban J connectivity index is 1.85. The lowest BCUT2D eigenvalue weighted by molar-refractivity contribution is 0.317. The Morgan fingerprint density at radius 2 is 2.06 bits per heavy atom. The summed E-state index contributed by atoms with van der Waals surface area (Å²) in [5, 5.41) is 7.84. The number of nitrogens with two attached hydrogens (primary N) is 1. The van der Waals surface area contributed by atoms with Gasteiger partial charge in [0, 0.05) is 18.7 Å². The van der Waals surface area contributed by atoms with Gasteiger partial charge in [-0.15, -0.1) is 5.10 Å². The molecule has 2 rings (SSSR count). The van der Waals surface area contributed by atoms with Crippen LogP contribution in [0.3, 0.4) is 0 Å². The maximum absolute atomic E-state index is 5.61. The van der Waals surface area contributed by atoms with Gasteiger partial charge in [-0.05, 0) is 31.2 Å². The van der Waals surface area contributed by atoms with E-state index < -0.39 is 0 Å². The van der Waals surface area contributed by atoms with Crippen molar-refractivity contribution in [1.82, 2.24) is 15.0 Å². The van der Waals surface area contributed by atoms with Crippen molar-refractivity contribution < 1.29 is 4.74 Å². The van der Waals surface area contributed by atoms with Crippen molar-refractivity contribution in [2.75, 3.05) is 12.3 Å². The fourth-order valence-corrected chi connectivity index (χ4v) is 1.58. The summed E-state index contributed by atoms with van der Waals surface area (Å²) < 4.78 is 7.48. The number of aryl methyl sites for hydroxylation is 1. The van der Waals surface area contributed by atoms with Crippen LogP contribution in [0.4, 0.5) is 5.69 Å². The van der Waals surface area contributed by atoms with Gasteiger partial charge < -0.3 is 10.5 Å². The molecule has 0 aliphatic carbocycles. The third-order valence-electron chi connectivity index (χ3n) is 2.50. The van der Waals surface area contributed by atoms with Crippen molar-refractivity contribution in [3.63, 3.8) is 0 Å². The number of hydrogen-bond donors (Lipinski definition) is 1. The molecule has 0 atom stereocenters. The smallest absolute Gasteiger partial charge is 0.119 e. The molecule has 5 nitrogen and oxygen atoms in total. The van der Waals surface area contributed by atoms with E-state index in [1.807, 2.05) is 35.9 Å². The van der Waals surface area contributed by atoms with E-state index in [-0.39, 0.29) is 0 Å². The van der Waals surface area contributed by atoms with E-state index in [9.17, 15) is 0 Å². The first kappa shape index (κ1) is 11.4. The van der Waals surface area contributed by atoms with E-state index in [2.05, 4.69) is 10.3 Å². The lowest BCUT2D eigenvalue weighted by Crippen LogP contribution is -2.08. The highest BCUT2D eigenvalue weighted by molar-refractivity contribution is 5.41. The van der Waals surface area contributed by atoms with Gasteiger partial charge in [0.25, 0.3) is 0 Å². The van der Waals surface area contributed by atoms with Crippen LogP contribution in [-0.2, 0) is 13.0 Å². The van der Waals surface area contributed by atoms with Crippen molar-refractivity contribution in [1.29, 1.82) is 0 Å². The average Bonchev–Trinajstić information content (AvgIpc) is 2.79. The van der Waals surface area contributed by atoms with Crippen LogP contribution in [-0.4, -0.2) is 21.6 Å². The monoisotopic (exact) mass is 232 g/mol. The Kier molecular flexibility index (Phi) is 3.59. The molecule has 1 aromatic carbocycles. The van der Waals surface area contributed by atoms with Gasteiger partial charge in [-0.25, -0.2) is 4.68 Å². The third-order valence-corrected chi connectivity index (χ3v) is 2.50. The van der Waals surface area contributed by atoms with E-state index in [0.717, 1.165) is 30.1 Å². The number of hydrogen-bond acceptors (Lipinski definition) is 4. The lowest BCUT2D eigenvalue weighted by Gasteiger charge is -2.06. The molecule has 2 N–H and O–H groups in total. The van der Waals surface area contributed by atoms with Gasteiger partial charge in [0.2, 0.25) is 0 Å². The van der Waals surface area contributed by atoms with Crippen LogP contribution in [0.25, 0.3) is 0 Å². The number of ether oxygens (including phenoxy) is 1. The molecule has 90 valence electrons. The number of anilines is 1. The van der Waals surface area contributed by atoms with Gasteiger partial charge in [0.05, 0.1) is 18.5 Å². The normalized spacial score (nSPS) is 10.4. The molecule has 0 aliphatic heterocycles. The van der Waals surface area contributed by atoms with Gasteiger partial charge in [0.1, 0.15) is 5.75 Å². The fraction of sp³-hybridized carbons (Fsp3) is 0.333. The maximum atomic E-state index is 5.61. The highest BCUT2D eigenvalue weighted by atomic mass is 16.5. The van der Waals surface area contributed by atoms with Crippen LogP contribution in [0.1, 0.15) is 12.6 Å². The Labute approximate surface area is 100 Å². The molecule has 2 aromatic rings.